The molecule has 1 saturated heterocycles. The highest BCUT2D eigenvalue weighted by Crippen LogP contribution is 2.44. The number of aromatic amines is 1. The van der Waals surface area contributed by atoms with Crippen LogP contribution in [0.3, 0.4) is 0 Å². The summed E-state index contributed by atoms with van der Waals surface area (Å²) in [5.74, 6) is -0.0217. The highest BCUT2D eigenvalue weighted by Gasteiger charge is 2.44. The number of aliphatic hydroxyl groups excluding tert-OH is 1. The van der Waals surface area contributed by atoms with Crippen LogP contribution in [0.4, 0.5) is 10.5 Å². The number of fused-ring (bicyclic) bond motifs is 5. The number of aliphatic hydroxyl groups is 1. The number of carbonyl (C=O) groups is 1. The Bertz CT molecular complexity index is 1460. The van der Waals surface area contributed by atoms with E-state index in [1.165, 1.54) is 38.9 Å². The first-order valence-corrected chi connectivity index (χ1v) is 13.6. The number of carbonyl (C=O) groups excluding carboxylic acids is 1. The van der Waals surface area contributed by atoms with Gasteiger partial charge in [0.25, 0.3) is 0 Å². The third kappa shape index (κ3) is 4.38. The Morgan fingerprint density at radius 2 is 1.89 bits per heavy atom. The van der Waals surface area contributed by atoms with Crippen molar-refractivity contribution in [1.82, 2.24) is 14.8 Å². The highest BCUT2D eigenvalue weighted by molar-refractivity contribution is 5.97. The third-order valence-electron chi connectivity index (χ3n) is 8.59. The molecular formula is C32H36N4O2. The molecule has 38 heavy (non-hydrogen) atoms. The van der Waals surface area contributed by atoms with Crippen molar-refractivity contribution in [2.45, 2.75) is 44.9 Å². The van der Waals surface area contributed by atoms with Crippen LogP contribution < -0.4 is 5.32 Å². The molecule has 6 nitrogen and oxygen atoms in total. The van der Waals surface area contributed by atoms with Crippen LogP contribution in [0.25, 0.3) is 22.0 Å². The second-order valence-corrected chi connectivity index (χ2v) is 11.0. The van der Waals surface area contributed by atoms with Gasteiger partial charge in [-0.2, -0.15) is 0 Å². The van der Waals surface area contributed by atoms with Crippen LogP contribution in [-0.4, -0.2) is 58.2 Å². The van der Waals surface area contributed by atoms with Gasteiger partial charge < -0.3 is 20.3 Å². The molecule has 0 radical (unpaired) electrons. The van der Waals surface area contributed by atoms with Crippen LogP contribution in [0.15, 0.2) is 72.8 Å². The van der Waals surface area contributed by atoms with Crippen LogP contribution in [0.2, 0.25) is 0 Å². The molecule has 3 N–H and O–H groups in total. The summed E-state index contributed by atoms with van der Waals surface area (Å²) in [6.45, 7) is 5.70. The second-order valence-electron chi connectivity index (χ2n) is 11.0. The zero-order chi connectivity index (χ0) is 26.4. The lowest BCUT2D eigenvalue weighted by molar-refractivity contribution is -0.0177. The fourth-order valence-electron chi connectivity index (χ4n) is 6.58. The average Bonchev–Trinajstić information content (AvgIpc) is 3.32. The summed E-state index contributed by atoms with van der Waals surface area (Å²) in [5, 5.41) is 15.1. The first-order valence-electron chi connectivity index (χ1n) is 13.6. The number of nitrogens with zero attached hydrogens (tertiary/aromatic N) is 2. The topological polar surface area (TPSA) is 71.6 Å². The molecule has 2 aliphatic rings. The predicted octanol–water partition coefficient (Wildman–Crippen LogP) is 5.98. The number of amides is 2. The molecule has 2 aliphatic heterocycles. The van der Waals surface area contributed by atoms with Gasteiger partial charge >= 0.3 is 6.03 Å². The van der Waals surface area contributed by atoms with Gasteiger partial charge in [0, 0.05) is 54.4 Å². The zero-order valence-corrected chi connectivity index (χ0v) is 22.3. The van der Waals surface area contributed by atoms with Crippen molar-refractivity contribution in [2.24, 2.45) is 5.92 Å². The maximum absolute atomic E-state index is 13.3. The summed E-state index contributed by atoms with van der Waals surface area (Å²) in [7, 11) is 1.86. The molecule has 6 rings (SSSR count). The van der Waals surface area contributed by atoms with E-state index in [-0.39, 0.29) is 24.0 Å². The number of aromatic nitrogens is 1. The van der Waals surface area contributed by atoms with Crippen molar-refractivity contribution in [3.05, 3.63) is 89.6 Å². The molecule has 4 aromatic rings. The van der Waals surface area contributed by atoms with Gasteiger partial charge in [-0.3, -0.25) is 4.90 Å². The van der Waals surface area contributed by atoms with Crippen LogP contribution in [-0.2, 0) is 6.42 Å². The fraction of sp³-hybridized carbons (Fsp3) is 0.344. The van der Waals surface area contributed by atoms with E-state index in [1.54, 1.807) is 4.90 Å². The molecule has 1 fully saturated rings. The second kappa shape index (κ2) is 9.93. The van der Waals surface area contributed by atoms with E-state index in [0.717, 1.165) is 31.6 Å². The minimum absolute atomic E-state index is 0.0217. The predicted molar refractivity (Wildman–Crippen MR) is 153 cm³/mol. The van der Waals surface area contributed by atoms with E-state index < -0.39 is 6.10 Å². The van der Waals surface area contributed by atoms with E-state index in [9.17, 15) is 9.90 Å². The van der Waals surface area contributed by atoms with Crippen LogP contribution in [0, 0.1) is 12.8 Å². The minimum atomic E-state index is -0.509. The molecule has 0 saturated carbocycles. The van der Waals surface area contributed by atoms with Crippen LogP contribution in [0.5, 0.6) is 0 Å². The quantitative estimate of drug-likeness (QED) is 0.318. The Kier molecular flexibility index (Phi) is 6.46. The Hall–Kier alpha value is -3.61. The maximum atomic E-state index is 13.3. The van der Waals surface area contributed by atoms with Gasteiger partial charge in [0.2, 0.25) is 0 Å². The van der Waals surface area contributed by atoms with Crippen molar-refractivity contribution in [3.8, 4) is 11.1 Å². The number of urea groups is 1. The van der Waals surface area contributed by atoms with Crippen molar-refractivity contribution in [2.75, 3.05) is 25.5 Å². The average molecular weight is 509 g/mol. The molecule has 4 atom stereocenters. The molecule has 2 amide bonds. The highest BCUT2D eigenvalue weighted by atomic mass is 16.3. The first kappa shape index (κ1) is 24.7. The Balaban J connectivity index is 1.35. The molecule has 6 heteroatoms. The number of benzene rings is 3. The van der Waals surface area contributed by atoms with Gasteiger partial charge in [0.1, 0.15) is 0 Å². The molecule has 3 aromatic carbocycles. The first-order chi connectivity index (χ1) is 18.4. The number of piperidine rings is 1. The number of H-pyrrole nitrogens is 1. The van der Waals surface area contributed by atoms with Gasteiger partial charge in [-0.15, -0.1) is 0 Å². The maximum Gasteiger partial charge on any atom is 0.321 e. The van der Waals surface area contributed by atoms with E-state index in [0.29, 0.717) is 0 Å². The number of anilines is 1. The summed E-state index contributed by atoms with van der Waals surface area (Å²) < 4.78 is 0. The Morgan fingerprint density at radius 1 is 1.11 bits per heavy atom. The van der Waals surface area contributed by atoms with Gasteiger partial charge in [-0.25, -0.2) is 4.79 Å². The smallest absolute Gasteiger partial charge is 0.321 e. The molecule has 0 bridgehead atoms. The normalized spacial score (nSPS) is 21.9. The number of hydrogen-bond donors (Lipinski definition) is 3. The molecule has 0 spiro atoms. The van der Waals surface area contributed by atoms with Crippen molar-refractivity contribution in [1.29, 1.82) is 0 Å². The van der Waals surface area contributed by atoms with Gasteiger partial charge in [-0.1, -0.05) is 66.2 Å². The molecule has 0 unspecified atom stereocenters. The molecular weight excluding hydrogens is 472 g/mol. The minimum Gasteiger partial charge on any atom is -0.393 e. The largest absolute Gasteiger partial charge is 0.393 e. The lowest BCUT2D eigenvalue weighted by atomic mass is 9.80. The number of nitrogens with one attached hydrogen (secondary N) is 2. The number of hydrogen-bond acceptors (Lipinski definition) is 3. The lowest BCUT2D eigenvalue weighted by Crippen LogP contribution is -2.57. The molecule has 3 heterocycles. The SMILES string of the molecule is Cc1cccc(-c2cccc3c4c([nH]c23)[C@@H]2C[C@H](N(C)C(=O)Nc3ccccc3)[C@H]([C@H](C)O)CN2CC4)c1. The number of aryl methyl sites for hydroxylation is 1. The van der Waals surface area contributed by atoms with Crippen LogP contribution >= 0.6 is 0 Å². The van der Waals surface area contributed by atoms with Gasteiger partial charge in [-0.05, 0) is 49.9 Å². The lowest BCUT2D eigenvalue weighted by Gasteiger charge is -2.49. The Morgan fingerprint density at radius 3 is 2.66 bits per heavy atom. The van der Waals surface area contributed by atoms with E-state index >= 15 is 0 Å². The van der Waals surface area contributed by atoms with Gasteiger partial charge in [0.15, 0.2) is 0 Å². The fourth-order valence-corrected chi connectivity index (χ4v) is 6.58. The summed E-state index contributed by atoms with van der Waals surface area (Å²) in [4.78, 5) is 21.4. The summed E-state index contributed by atoms with van der Waals surface area (Å²) in [5.41, 5.74) is 8.31. The van der Waals surface area contributed by atoms with Crippen molar-refractivity contribution >= 4 is 22.6 Å². The zero-order valence-electron chi connectivity index (χ0n) is 22.3. The monoisotopic (exact) mass is 508 g/mol. The summed E-state index contributed by atoms with van der Waals surface area (Å²) in [6.07, 6.45) is 1.24. The van der Waals surface area contributed by atoms with Crippen molar-refractivity contribution in [3.63, 3.8) is 0 Å². The van der Waals surface area contributed by atoms with E-state index in [2.05, 4.69) is 64.6 Å². The van der Waals surface area contributed by atoms with Gasteiger partial charge in [0.05, 0.1) is 17.7 Å². The van der Waals surface area contributed by atoms with E-state index in [4.69, 9.17) is 0 Å². The van der Waals surface area contributed by atoms with Crippen LogP contribution in [0.1, 0.15) is 36.2 Å². The molecule has 0 aliphatic carbocycles. The Labute approximate surface area is 224 Å². The molecule has 1 aromatic heterocycles. The summed E-state index contributed by atoms with van der Waals surface area (Å²) in [6, 6.07) is 24.7. The van der Waals surface area contributed by atoms with Crippen molar-refractivity contribution < 1.29 is 9.90 Å². The molecule has 196 valence electrons. The number of rotatable bonds is 4. The van der Waals surface area contributed by atoms with E-state index in [1.807, 2.05) is 44.3 Å². The summed E-state index contributed by atoms with van der Waals surface area (Å²) >= 11 is 0. The number of para-hydroxylation sites is 2. The standard InChI is InChI=1S/C32H36N4O2/c1-20-9-7-10-22(17-20)24-13-8-14-25-26-15-16-36-19-27(21(2)37)28(18-29(36)31(26)34-30(24)25)35(3)32(38)33-23-11-5-4-6-12-23/h4-14,17,21,27-29,34,37H,15-16,18-19H2,1-3H3,(H,33,38)/t21-,27-,28-,29-/m0/s1. The third-order valence-corrected chi connectivity index (χ3v) is 8.59.